The van der Waals surface area contributed by atoms with Crippen LogP contribution in [0, 0.1) is 6.92 Å². The summed E-state index contributed by atoms with van der Waals surface area (Å²) in [5.41, 5.74) is 3.46. The lowest BCUT2D eigenvalue weighted by Gasteiger charge is -1.98. The molecule has 2 aromatic heterocycles. The van der Waals surface area contributed by atoms with E-state index in [4.69, 9.17) is 0 Å². The molecule has 0 fully saturated rings. The average Bonchev–Trinajstić information content (AvgIpc) is 3.00. The first-order valence-corrected chi connectivity index (χ1v) is 6.37. The monoisotopic (exact) mass is 240 g/mol. The normalized spacial score (nSPS) is 10.6. The summed E-state index contributed by atoms with van der Waals surface area (Å²) >= 11 is 1.72. The summed E-state index contributed by atoms with van der Waals surface area (Å²) in [5.74, 6) is 0.928. The Morgan fingerprint density at radius 3 is 2.88 bits per heavy atom. The lowest BCUT2D eigenvalue weighted by Crippen LogP contribution is -1.81. The van der Waals surface area contributed by atoms with Crippen molar-refractivity contribution in [1.82, 2.24) is 9.97 Å². The number of aromatic amines is 1. The summed E-state index contributed by atoms with van der Waals surface area (Å²) in [4.78, 5) is 9.01. The molecule has 0 aliphatic carbocycles. The molecule has 3 aromatic rings. The predicted octanol–water partition coefficient (Wildman–Crippen LogP) is 4.11. The van der Waals surface area contributed by atoms with Crippen LogP contribution >= 0.6 is 11.3 Å². The SMILES string of the molecule is Cc1cccc(-c2ncc(-c3cccs3)[nH]2)c1. The van der Waals surface area contributed by atoms with Gasteiger partial charge in [0.05, 0.1) is 16.8 Å². The molecule has 0 saturated heterocycles. The second-order valence-electron chi connectivity index (χ2n) is 3.99. The number of hydrogen-bond acceptors (Lipinski definition) is 2. The highest BCUT2D eigenvalue weighted by Gasteiger charge is 2.05. The molecule has 0 amide bonds. The van der Waals surface area contributed by atoms with Crippen molar-refractivity contribution in [3.63, 3.8) is 0 Å². The Kier molecular flexibility index (Phi) is 2.53. The fourth-order valence-corrected chi connectivity index (χ4v) is 2.51. The van der Waals surface area contributed by atoms with Gasteiger partial charge in [0.25, 0.3) is 0 Å². The number of benzene rings is 1. The molecule has 0 bridgehead atoms. The van der Waals surface area contributed by atoms with E-state index in [9.17, 15) is 0 Å². The smallest absolute Gasteiger partial charge is 0.137 e. The van der Waals surface area contributed by atoms with Crippen LogP contribution < -0.4 is 0 Å². The van der Waals surface area contributed by atoms with Crippen molar-refractivity contribution in [1.29, 1.82) is 0 Å². The first kappa shape index (κ1) is 10.3. The van der Waals surface area contributed by atoms with E-state index < -0.39 is 0 Å². The molecular weight excluding hydrogens is 228 g/mol. The lowest BCUT2D eigenvalue weighted by molar-refractivity contribution is 1.30. The number of aromatic nitrogens is 2. The highest BCUT2D eigenvalue weighted by Crippen LogP contribution is 2.25. The molecule has 17 heavy (non-hydrogen) atoms. The molecule has 84 valence electrons. The molecule has 0 atom stereocenters. The fourth-order valence-electron chi connectivity index (χ4n) is 1.82. The van der Waals surface area contributed by atoms with Gasteiger partial charge in [-0.1, -0.05) is 29.8 Å². The Hall–Kier alpha value is -1.87. The number of nitrogens with zero attached hydrogens (tertiary/aromatic N) is 1. The summed E-state index contributed by atoms with van der Waals surface area (Å²) in [7, 11) is 0. The largest absolute Gasteiger partial charge is 0.337 e. The lowest BCUT2D eigenvalue weighted by atomic mass is 10.1. The van der Waals surface area contributed by atoms with Crippen LogP contribution in [-0.2, 0) is 0 Å². The second kappa shape index (κ2) is 4.18. The number of hydrogen-bond donors (Lipinski definition) is 1. The highest BCUT2D eigenvalue weighted by molar-refractivity contribution is 7.13. The first-order valence-electron chi connectivity index (χ1n) is 5.49. The average molecular weight is 240 g/mol. The van der Waals surface area contributed by atoms with Crippen LogP contribution in [0.4, 0.5) is 0 Å². The van der Waals surface area contributed by atoms with Crippen LogP contribution in [-0.4, -0.2) is 9.97 Å². The number of rotatable bonds is 2. The minimum Gasteiger partial charge on any atom is -0.337 e. The van der Waals surface area contributed by atoms with E-state index >= 15 is 0 Å². The third-order valence-corrected chi connectivity index (χ3v) is 3.56. The van der Waals surface area contributed by atoms with Gasteiger partial charge in [0, 0.05) is 5.56 Å². The van der Waals surface area contributed by atoms with Crippen molar-refractivity contribution < 1.29 is 0 Å². The summed E-state index contributed by atoms with van der Waals surface area (Å²) < 4.78 is 0. The number of H-pyrrole nitrogens is 1. The van der Waals surface area contributed by atoms with Gasteiger partial charge in [-0.15, -0.1) is 11.3 Å². The quantitative estimate of drug-likeness (QED) is 0.717. The maximum absolute atomic E-state index is 4.43. The maximum Gasteiger partial charge on any atom is 0.137 e. The second-order valence-corrected chi connectivity index (χ2v) is 4.94. The van der Waals surface area contributed by atoms with Gasteiger partial charge < -0.3 is 4.98 Å². The standard InChI is InChI=1S/C14H12N2S/c1-10-4-2-5-11(8-10)14-15-9-12(16-14)13-6-3-7-17-13/h2-9H,1H3,(H,15,16). The molecule has 0 unspecified atom stereocenters. The molecule has 0 saturated carbocycles. The van der Waals surface area contributed by atoms with Gasteiger partial charge >= 0.3 is 0 Å². The van der Waals surface area contributed by atoms with Gasteiger partial charge in [-0.3, -0.25) is 0 Å². The third kappa shape index (κ3) is 2.01. The van der Waals surface area contributed by atoms with Gasteiger partial charge in [0.1, 0.15) is 5.82 Å². The summed E-state index contributed by atoms with van der Waals surface area (Å²) in [6.45, 7) is 2.09. The summed E-state index contributed by atoms with van der Waals surface area (Å²) in [6, 6.07) is 12.5. The van der Waals surface area contributed by atoms with E-state index in [0.29, 0.717) is 0 Å². The molecular formula is C14H12N2S. The van der Waals surface area contributed by atoms with Crippen LogP contribution in [0.2, 0.25) is 0 Å². The Labute approximate surface area is 104 Å². The zero-order chi connectivity index (χ0) is 11.7. The number of imidazole rings is 1. The van der Waals surface area contributed by atoms with Crippen molar-refractivity contribution in [3.8, 4) is 22.0 Å². The number of thiophene rings is 1. The molecule has 3 heteroatoms. The zero-order valence-electron chi connectivity index (χ0n) is 9.47. The Morgan fingerprint density at radius 2 is 2.12 bits per heavy atom. The molecule has 3 rings (SSSR count). The summed E-state index contributed by atoms with van der Waals surface area (Å²) in [5, 5.41) is 2.07. The van der Waals surface area contributed by atoms with E-state index in [-0.39, 0.29) is 0 Å². The molecule has 1 N–H and O–H groups in total. The first-order chi connectivity index (χ1) is 8.33. The molecule has 0 aliphatic rings. The van der Waals surface area contributed by atoms with Crippen LogP contribution in [0.15, 0.2) is 48.0 Å². The van der Waals surface area contributed by atoms with Crippen molar-refractivity contribution in [2.24, 2.45) is 0 Å². The van der Waals surface area contributed by atoms with Crippen molar-refractivity contribution >= 4 is 11.3 Å². The Morgan fingerprint density at radius 1 is 1.18 bits per heavy atom. The van der Waals surface area contributed by atoms with Crippen LogP contribution in [0.3, 0.4) is 0 Å². The van der Waals surface area contributed by atoms with E-state index in [0.717, 1.165) is 17.1 Å². The topological polar surface area (TPSA) is 28.7 Å². The van der Waals surface area contributed by atoms with E-state index in [1.165, 1.54) is 10.4 Å². The van der Waals surface area contributed by atoms with E-state index in [1.54, 1.807) is 11.3 Å². The molecule has 1 aromatic carbocycles. The number of aryl methyl sites for hydroxylation is 1. The fraction of sp³-hybridized carbons (Fsp3) is 0.0714. The molecule has 0 radical (unpaired) electrons. The van der Waals surface area contributed by atoms with Crippen molar-refractivity contribution in [2.75, 3.05) is 0 Å². The maximum atomic E-state index is 4.43. The molecule has 0 aliphatic heterocycles. The van der Waals surface area contributed by atoms with E-state index in [1.807, 2.05) is 12.3 Å². The highest BCUT2D eigenvalue weighted by atomic mass is 32.1. The molecule has 0 spiro atoms. The van der Waals surface area contributed by atoms with Gasteiger partial charge in [-0.25, -0.2) is 4.98 Å². The van der Waals surface area contributed by atoms with Gasteiger partial charge in [0.2, 0.25) is 0 Å². The Balaban J connectivity index is 2.01. The van der Waals surface area contributed by atoms with Gasteiger partial charge in [-0.2, -0.15) is 0 Å². The van der Waals surface area contributed by atoms with Crippen molar-refractivity contribution in [3.05, 3.63) is 53.5 Å². The molecule has 2 nitrogen and oxygen atoms in total. The van der Waals surface area contributed by atoms with Crippen LogP contribution in [0.1, 0.15) is 5.56 Å². The molecule has 2 heterocycles. The van der Waals surface area contributed by atoms with Crippen LogP contribution in [0.5, 0.6) is 0 Å². The van der Waals surface area contributed by atoms with Crippen LogP contribution in [0.25, 0.3) is 22.0 Å². The number of nitrogens with one attached hydrogen (secondary N) is 1. The minimum atomic E-state index is 0.928. The third-order valence-electron chi connectivity index (χ3n) is 2.65. The zero-order valence-corrected chi connectivity index (χ0v) is 10.3. The Bertz CT molecular complexity index is 623. The van der Waals surface area contributed by atoms with Crippen molar-refractivity contribution in [2.45, 2.75) is 6.92 Å². The van der Waals surface area contributed by atoms with E-state index in [2.05, 4.69) is 52.6 Å². The van der Waals surface area contributed by atoms with Gasteiger partial charge in [-0.05, 0) is 24.4 Å². The summed E-state index contributed by atoms with van der Waals surface area (Å²) in [6.07, 6.45) is 1.89. The van der Waals surface area contributed by atoms with Gasteiger partial charge in [0.15, 0.2) is 0 Å². The minimum absolute atomic E-state index is 0.928. The predicted molar refractivity (Wildman–Crippen MR) is 72.1 cm³/mol.